The van der Waals surface area contributed by atoms with Crippen LogP contribution in [0.1, 0.15) is 29.5 Å². The molecule has 2 rings (SSSR count). The topological polar surface area (TPSA) is 46.6 Å². The monoisotopic (exact) mass is 261 g/mol. The molecule has 1 aromatic carbocycles. The Kier molecular flexibility index (Phi) is 3.88. The maximum atomic E-state index is 12.1. The third-order valence-corrected chi connectivity index (χ3v) is 3.64. The van der Waals surface area contributed by atoms with Crippen molar-refractivity contribution in [2.24, 2.45) is 0 Å². The average molecular weight is 261 g/mol. The van der Waals surface area contributed by atoms with Gasteiger partial charge >= 0.3 is 6.09 Å². The average Bonchev–Trinajstić information content (AvgIpc) is 2.40. The van der Waals surface area contributed by atoms with Crippen molar-refractivity contribution in [2.45, 2.75) is 33.6 Å². The van der Waals surface area contributed by atoms with Crippen LogP contribution < -0.4 is 4.74 Å². The smallest absolute Gasteiger partial charge is 0.410 e. The normalized spacial score (nSPS) is 15.5. The number of rotatable bonds is 1. The number of amides is 1. The van der Waals surface area contributed by atoms with Crippen molar-refractivity contribution >= 4 is 11.9 Å². The number of hydrogen-bond acceptors (Lipinski definition) is 3. The van der Waals surface area contributed by atoms with Crippen LogP contribution in [0.3, 0.4) is 0 Å². The first kappa shape index (κ1) is 13.6. The van der Waals surface area contributed by atoms with Crippen LogP contribution >= 0.6 is 0 Å². The highest BCUT2D eigenvalue weighted by atomic mass is 16.6. The van der Waals surface area contributed by atoms with Crippen molar-refractivity contribution in [3.63, 3.8) is 0 Å². The summed E-state index contributed by atoms with van der Waals surface area (Å²) in [5, 5.41) is 0. The van der Waals surface area contributed by atoms with Gasteiger partial charge < -0.3 is 9.64 Å². The maximum Gasteiger partial charge on any atom is 0.415 e. The fraction of sp³-hybridized carbons (Fsp3) is 0.467. The molecule has 0 spiro atoms. The Labute approximate surface area is 113 Å². The Morgan fingerprint density at radius 2 is 1.68 bits per heavy atom. The minimum absolute atomic E-state index is 0.215. The first-order valence-corrected chi connectivity index (χ1v) is 6.54. The van der Waals surface area contributed by atoms with Gasteiger partial charge in [-0.1, -0.05) is 12.1 Å². The number of aryl methyl sites for hydroxylation is 2. The SMILES string of the molecule is Cc1ccc(C)c(OC(=O)N2CCC(=O)CC2)c1C. The molecule has 1 aliphatic heterocycles. The number of carbonyl (C=O) groups excluding carboxylic acids is 2. The molecular formula is C15H19NO3. The van der Waals surface area contributed by atoms with Crippen LogP contribution in [-0.4, -0.2) is 29.9 Å². The molecule has 102 valence electrons. The van der Waals surface area contributed by atoms with Gasteiger partial charge in [0.05, 0.1) is 0 Å². The van der Waals surface area contributed by atoms with Gasteiger partial charge in [-0.25, -0.2) is 4.79 Å². The number of carbonyl (C=O) groups is 2. The Hall–Kier alpha value is -1.84. The Bertz CT molecular complexity index is 512. The fourth-order valence-corrected chi connectivity index (χ4v) is 2.17. The Morgan fingerprint density at radius 1 is 1.11 bits per heavy atom. The second-order valence-electron chi connectivity index (χ2n) is 5.05. The molecule has 0 aliphatic carbocycles. The highest BCUT2D eigenvalue weighted by Crippen LogP contribution is 2.26. The third-order valence-electron chi connectivity index (χ3n) is 3.64. The number of ether oxygens (including phenoxy) is 1. The minimum Gasteiger partial charge on any atom is -0.410 e. The van der Waals surface area contributed by atoms with E-state index in [1.54, 1.807) is 4.90 Å². The number of ketones is 1. The lowest BCUT2D eigenvalue weighted by Gasteiger charge is -2.26. The summed E-state index contributed by atoms with van der Waals surface area (Å²) in [6, 6.07) is 3.96. The highest BCUT2D eigenvalue weighted by Gasteiger charge is 2.23. The van der Waals surface area contributed by atoms with Crippen molar-refractivity contribution in [3.8, 4) is 5.75 Å². The van der Waals surface area contributed by atoms with E-state index in [4.69, 9.17) is 4.74 Å². The summed E-state index contributed by atoms with van der Waals surface area (Å²) in [4.78, 5) is 24.8. The van der Waals surface area contributed by atoms with E-state index in [9.17, 15) is 9.59 Å². The van der Waals surface area contributed by atoms with Crippen LogP contribution in [0.4, 0.5) is 4.79 Å². The summed E-state index contributed by atoms with van der Waals surface area (Å²) in [6.45, 7) is 6.79. The van der Waals surface area contributed by atoms with Crippen molar-refractivity contribution in [3.05, 3.63) is 28.8 Å². The molecule has 1 aliphatic rings. The lowest BCUT2D eigenvalue weighted by atomic mass is 10.1. The van der Waals surface area contributed by atoms with Gasteiger partial charge in [-0.05, 0) is 37.5 Å². The zero-order chi connectivity index (χ0) is 14.0. The Morgan fingerprint density at radius 3 is 2.32 bits per heavy atom. The van der Waals surface area contributed by atoms with E-state index in [0.29, 0.717) is 31.7 Å². The van der Waals surface area contributed by atoms with Crippen molar-refractivity contribution < 1.29 is 14.3 Å². The summed E-state index contributed by atoms with van der Waals surface area (Å²) in [7, 11) is 0. The maximum absolute atomic E-state index is 12.1. The van der Waals surface area contributed by atoms with Gasteiger partial charge in [0.25, 0.3) is 0 Å². The van der Waals surface area contributed by atoms with Gasteiger partial charge in [-0.3, -0.25) is 4.79 Å². The number of piperidine rings is 1. The zero-order valence-electron chi connectivity index (χ0n) is 11.7. The summed E-state index contributed by atoms with van der Waals surface area (Å²) >= 11 is 0. The first-order valence-electron chi connectivity index (χ1n) is 6.54. The lowest BCUT2D eigenvalue weighted by Crippen LogP contribution is -2.40. The van der Waals surface area contributed by atoms with Gasteiger partial charge in [-0.15, -0.1) is 0 Å². The van der Waals surface area contributed by atoms with Gasteiger partial charge in [0, 0.05) is 25.9 Å². The minimum atomic E-state index is -0.357. The second-order valence-corrected chi connectivity index (χ2v) is 5.05. The number of benzene rings is 1. The molecule has 19 heavy (non-hydrogen) atoms. The molecule has 0 saturated carbocycles. The molecule has 4 heteroatoms. The summed E-state index contributed by atoms with van der Waals surface area (Å²) < 4.78 is 5.51. The van der Waals surface area contributed by atoms with Crippen molar-refractivity contribution in [2.75, 3.05) is 13.1 Å². The summed E-state index contributed by atoms with van der Waals surface area (Å²) in [5.41, 5.74) is 3.04. The molecule has 0 N–H and O–H groups in total. The van der Waals surface area contributed by atoms with Crippen LogP contribution in [0.5, 0.6) is 5.75 Å². The molecular weight excluding hydrogens is 242 g/mol. The molecule has 0 unspecified atom stereocenters. The molecule has 1 saturated heterocycles. The fourth-order valence-electron chi connectivity index (χ4n) is 2.17. The molecule has 0 bridgehead atoms. The number of nitrogens with zero attached hydrogens (tertiary/aromatic N) is 1. The predicted octanol–water partition coefficient (Wildman–Crippen LogP) is 2.78. The van der Waals surface area contributed by atoms with Gasteiger partial charge in [0.15, 0.2) is 0 Å². The number of hydrogen-bond donors (Lipinski definition) is 0. The van der Waals surface area contributed by atoms with E-state index < -0.39 is 0 Å². The van der Waals surface area contributed by atoms with E-state index in [1.807, 2.05) is 32.9 Å². The van der Waals surface area contributed by atoms with E-state index in [-0.39, 0.29) is 11.9 Å². The van der Waals surface area contributed by atoms with Crippen LogP contribution in [0.15, 0.2) is 12.1 Å². The molecule has 0 atom stereocenters. The van der Waals surface area contributed by atoms with Crippen LogP contribution in [0, 0.1) is 20.8 Å². The molecule has 1 fully saturated rings. The molecule has 1 aromatic rings. The van der Waals surface area contributed by atoms with E-state index >= 15 is 0 Å². The second kappa shape index (κ2) is 5.43. The standard InChI is InChI=1S/C15H19NO3/c1-10-4-5-11(2)14(12(10)3)19-15(18)16-8-6-13(17)7-9-16/h4-5H,6-9H2,1-3H3. The van der Waals surface area contributed by atoms with Gasteiger partial charge in [-0.2, -0.15) is 0 Å². The largest absolute Gasteiger partial charge is 0.415 e. The van der Waals surface area contributed by atoms with Crippen LogP contribution in [0.2, 0.25) is 0 Å². The predicted molar refractivity (Wildman–Crippen MR) is 72.5 cm³/mol. The number of Topliss-reactive ketones (excluding diaryl/α,β-unsaturated/α-hetero) is 1. The van der Waals surface area contributed by atoms with Crippen molar-refractivity contribution in [1.29, 1.82) is 0 Å². The Balaban J connectivity index is 2.11. The zero-order valence-corrected chi connectivity index (χ0v) is 11.7. The third kappa shape index (κ3) is 2.95. The molecule has 4 nitrogen and oxygen atoms in total. The lowest BCUT2D eigenvalue weighted by molar-refractivity contribution is -0.121. The highest BCUT2D eigenvalue weighted by molar-refractivity contribution is 5.82. The van der Waals surface area contributed by atoms with Gasteiger partial charge in [0.1, 0.15) is 11.5 Å². The first-order chi connectivity index (χ1) is 8.99. The van der Waals surface area contributed by atoms with Gasteiger partial charge in [0.2, 0.25) is 0 Å². The molecule has 1 heterocycles. The number of likely N-dealkylation sites (tertiary alicyclic amines) is 1. The van der Waals surface area contributed by atoms with E-state index in [1.165, 1.54) is 0 Å². The summed E-state index contributed by atoms with van der Waals surface area (Å²) in [6.07, 6.45) is 0.506. The van der Waals surface area contributed by atoms with Crippen LogP contribution in [-0.2, 0) is 4.79 Å². The molecule has 0 aromatic heterocycles. The molecule has 1 amide bonds. The summed E-state index contributed by atoms with van der Waals surface area (Å²) in [5.74, 6) is 0.855. The van der Waals surface area contributed by atoms with Crippen molar-refractivity contribution in [1.82, 2.24) is 4.90 Å². The molecule has 0 radical (unpaired) electrons. The van der Waals surface area contributed by atoms with E-state index in [2.05, 4.69) is 0 Å². The quantitative estimate of drug-likeness (QED) is 0.781. The van der Waals surface area contributed by atoms with Crippen LogP contribution in [0.25, 0.3) is 0 Å². The van der Waals surface area contributed by atoms with E-state index in [0.717, 1.165) is 16.7 Å².